The molecule has 5 nitrogen and oxygen atoms in total. The number of amides is 1. The van der Waals surface area contributed by atoms with Gasteiger partial charge in [-0.3, -0.25) is 4.79 Å². The zero-order chi connectivity index (χ0) is 19.8. The maximum atomic E-state index is 12.9. The first-order valence-electron chi connectivity index (χ1n) is 10.2. The molecule has 0 bridgehead atoms. The fourth-order valence-electron chi connectivity index (χ4n) is 4.40. The molecule has 1 aliphatic heterocycles. The van der Waals surface area contributed by atoms with Crippen molar-refractivity contribution in [2.75, 3.05) is 13.1 Å². The molecule has 4 aromatic rings. The van der Waals surface area contributed by atoms with Crippen LogP contribution in [0, 0.1) is 0 Å². The lowest BCUT2D eigenvalue weighted by Gasteiger charge is -2.32. The molecule has 1 N–H and O–H groups in total. The van der Waals surface area contributed by atoms with E-state index in [1.807, 2.05) is 48.5 Å². The fraction of sp³-hybridized carbons (Fsp3) is 0.292. The van der Waals surface area contributed by atoms with Crippen molar-refractivity contribution in [2.45, 2.75) is 25.4 Å². The molecule has 2 aromatic heterocycles. The Balaban J connectivity index is 1.22. The minimum atomic E-state index is 0.150. The molecule has 1 aliphatic rings. The standard InChI is InChI=1S/C24H25N3O2/c1-26-16-17(19-5-2-3-7-22(19)26)15-24(28)27-13-10-18(11-14-27)29-23-8-4-6-21-20(23)9-12-25-21/h2-9,12,16,18,25H,10-11,13-15H2,1H3. The zero-order valence-corrected chi connectivity index (χ0v) is 16.6. The SMILES string of the molecule is Cn1cc(CC(=O)N2CCC(Oc3cccc4[nH]ccc34)CC2)c2ccccc21. The van der Waals surface area contributed by atoms with Gasteiger partial charge in [-0.2, -0.15) is 0 Å². The largest absolute Gasteiger partial charge is 0.490 e. The smallest absolute Gasteiger partial charge is 0.227 e. The molecular weight excluding hydrogens is 362 g/mol. The van der Waals surface area contributed by atoms with Crippen LogP contribution in [-0.2, 0) is 18.3 Å². The number of carbonyl (C=O) groups is 1. The van der Waals surface area contributed by atoms with Crippen molar-refractivity contribution >= 4 is 27.7 Å². The summed E-state index contributed by atoms with van der Waals surface area (Å²) in [6.07, 6.45) is 6.35. The molecule has 148 valence electrons. The summed E-state index contributed by atoms with van der Waals surface area (Å²) in [6.45, 7) is 1.49. The Bertz CT molecular complexity index is 1170. The van der Waals surface area contributed by atoms with E-state index in [9.17, 15) is 4.79 Å². The maximum absolute atomic E-state index is 12.9. The van der Waals surface area contributed by atoms with Crippen LogP contribution in [0.1, 0.15) is 18.4 Å². The van der Waals surface area contributed by atoms with Crippen molar-refractivity contribution in [3.05, 3.63) is 66.5 Å². The Morgan fingerprint density at radius 3 is 2.76 bits per heavy atom. The summed E-state index contributed by atoms with van der Waals surface area (Å²) in [4.78, 5) is 18.1. The van der Waals surface area contributed by atoms with Gasteiger partial charge in [0.25, 0.3) is 0 Å². The molecular formula is C24H25N3O2. The van der Waals surface area contributed by atoms with E-state index in [1.54, 1.807) is 0 Å². The third-order valence-electron chi connectivity index (χ3n) is 5.96. The van der Waals surface area contributed by atoms with Gasteiger partial charge in [-0.25, -0.2) is 0 Å². The Morgan fingerprint density at radius 2 is 1.90 bits per heavy atom. The number of fused-ring (bicyclic) bond motifs is 2. The highest BCUT2D eigenvalue weighted by atomic mass is 16.5. The van der Waals surface area contributed by atoms with Gasteiger partial charge in [0.1, 0.15) is 11.9 Å². The number of ether oxygens (including phenoxy) is 1. The van der Waals surface area contributed by atoms with E-state index >= 15 is 0 Å². The second-order valence-corrected chi connectivity index (χ2v) is 7.85. The van der Waals surface area contributed by atoms with Crippen LogP contribution in [0.15, 0.2) is 60.9 Å². The van der Waals surface area contributed by atoms with Gasteiger partial charge in [-0.1, -0.05) is 24.3 Å². The van der Waals surface area contributed by atoms with E-state index < -0.39 is 0 Å². The number of hydrogen-bond donors (Lipinski definition) is 1. The molecule has 0 aliphatic carbocycles. The summed E-state index contributed by atoms with van der Waals surface area (Å²) in [6, 6.07) is 16.4. The summed E-state index contributed by atoms with van der Waals surface area (Å²) in [5.41, 5.74) is 3.36. The predicted octanol–water partition coefficient (Wildman–Crippen LogP) is 4.27. The van der Waals surface area contributed by atoms with Crippen LogP contribution in [0.5, 0.6) is 5.75 Å². The Morgan fingerprint density at radius 1 is 1.07 bits per heavy atom. The molecule has 5 heteroatoms. The van der Waals surface area contributed by atoms with Crippen molar-refractivity contribution in [1.29, 1.82) is 0 Å². The summed E-state index contributed by atoms with van der Waals surface area (Å²) in [7, 11) is 2.03. The van der Waals surface area contributed by atoms with Gasteiger partial charge in [0, 0.05) is 67.2 Å². The van der Waals surface area contributed by atoms with Gasteiger partial charge in [-0.15, -0.1) is 0 Å². The molecule has 29 heavy (non-hydrogen) atoms. The van der Waals surface area contributed by atoms with Gasteiger partial charge in [0.05, 0.1) is 6.42 Å². The molecule has 3 heterocycles. The number of benzene rings is 2. The fourth-order valence-corrected chi connectivity index (χ4v) is 4.40. The van der Waals surface area contributed by atoms with Crippen LogP contribution in [-0.4, -0.2) is 39.6 Å². The number of H-pyrrole nitrogens is 1. The van der Waals surface area contributed by atoms with Crippen LogP contribution < -0.4 is 4.74 Å². The number of rotatable bonds is 4. The number of likely N-dealkylation sites (tertiary alicyclic amines) is 1. The van der Waals surface area contributed by atoms with Gasteiger partial charge in [0.2, 0.25) is 5.91 Å². The molecule has 0 saturated carbocycles. The number of carbonyl (C=O) groups excluding carboxylic acids is 1. The highest BCUT2D eigenvalue weighted by Gasteiger charge is 2.25. The normalized spacial score (nSPS) is 15.3. The number of piperidine rings is 1. The van der Waals surface area contributed by atoms with E-state index in [4.69, 9.17) is 4.74 Å². The Kier molecular flexibility index (Phi) is 4.51. The zero-order valence-electron chi connectivity index (χ0n) is 16.6. The molecule has 0 atom stereocenters. The number of hydrogen-bond acceptors (Lipinski definition) is 2. The highest BCUT2D eigenvalue weighted by molar-refractivity contribution is 5.89. The quantitative estimate of drug-likeness (QED) is 0.568. The second-order valence-electron chi connectivity index (χ2n) is 7.85. The Hall–Kier alpha value is -3.21. The number of para-hydroxylation sites is 1. The van der Waals surface area contributed by atoms with Gasteiger partial charge in [0.15, 0.2) is 0 Å². The third-order valence-corrected chi connectivity index (χ3v) is 5.96. The van der Waals surface area contributed by atoms with E-state index in [2.05, 4.69) is 33.9 Å². The van der Waals surface area contributed by atoms with E-state index in [0.717, 1.165) is 48.1 Å². The first-order chi connectivity index (χ1) is 14.2. The summed E-state index contributed by atoms with van der Waals surface area (Å²) in [5, 5.41) is 2.28. The molecule has 0 unspecified atom stereocenters. The number of aromatic amines is 1. The van der Waals surface area contributed by atoms with Crippen molar-refractivity contribution in [1.82, 2.24) is 14.5 Å². The van der Waals surface area contributed by atoms with Crippen LogP contribution in [0.2, 0.25) is 0 Å². The molecule has 1 amide bonds. The maximum Gasteiger partial charge on any atom is 0.227 e. The first kappa shape index (κ1) is 17.9. The van der Waals surface area contributed by atoms with E-state index in [0.29, 0.717) is 6.42 Å². The van der Waals surface area contributed by atoms with Crippen LogP contribution in [0.4, 0.5) is 0 Å². The summed E-state index contributed by atoms with van der Waals surface area (Å²) >= 11 is 0. The minimum absolute atomic E-state index is 0.150. The number of nitrogens with one attached hydrogen (secondary N) is 1. The molecule has 5 rings (SSSR count). The molecule has 0 spiro atoms. The van der Waals surface area contributed by atoms with Gasteiger partial charge in [-0.05, 0) is 29.8 Å². The molecule has 0 radical (unpaired) electrons. The average molecular weight is 387 g/mol. The monoisotopic (exact) mass is 387 g/mol. The third kappa shape index (κ3) is 3.37. The number of aryl methyl sites for hydroxylation is 1. The summed E-state index contributed by atoms with van der Waals surface area (Å²) in [5.74, 6) is 1.12. The lowest BCUT2D eigenvalue weighted by molar-refractivity contribution is -0.132. The highest BCUT2D eigenvalue weighted by Crippen LogP contribution is 2.28. The number of aromatic nitrogens is 2. The van der Waals surface area contributed by atoms with Crippen molar-refractivity contribution in [2.24, 2.45) is 7.05 Å². The lowest BCUT2D eigenvalue weighted by Crippen LogP contribution is -2.42. The predicted molar refractivity (Wildman–Crippen MR) is 115 cm³/mol. The summed E-state index contributed by atoms with van der Waals surface area (Å²) < 4.78 is 8.37. The van der Waals surface area contributed by atoms with Crippen molar-refractivity contribution in [3.8, 4) is 5.75 Å². The Labute approximate surface area is 169 Å². The van der Waals surface area contributed by atoms with E-state index in [1.165, 1.54) is 10.9 Å². The van der Waals surface area contributed by atoms with E-state index in [-0.39, 0.29) is 12.0 Å². The number of nitrogens with zero attached hydrogens (tertiary/aromatic N) is 2. The first-order valence-corrected chi connectivity index (χ1v) is 10.2. The molecule has 2 aromatic carbocycles. The topological polar surface area (TPSA) is 50.3 Å². The van der Waals surface area contributed by atoms with Crippen LogP contribution in [0.25, 0.3) is 21.8 Å². The van der Waals surface area contributed by atoms with Crippen molar-refractivity contribution in [3.63, 3.8) is 0 Å². The van der Waals surface area contributed by atoms with Gasteiger partial charge < -0.3 is 19.2 Å². The van der Waals surface area contributed by atoms with Gasteiger partial charge >= 0.3 is 0 Å². The average Bonchev–Trinajstić information content (AvgIpc) is 3.35. The second kappa shape index (κ2) is 7.32. The lowest BCUT2D eigenvalue weighted by atomic mass is 10.1. The molecule has 1 fully saturated rings. The minimum Gasteiger partial charge on any atom is -0.490 e. The van der Waals surface area contributed by atoms with Crippen molar-refractivity contribution < 1.29 is 9.53 Å². The molecule has 1 saturated heterocycles. The van der Waals surface area contributed by atoms with Crippen LogP contribution >= 0.6 is 0 Å². The van der Waals surface area contributed by atoms with Crippen LogP contribution in [0.3, 0.4) is 0 Å².